The number of aliphatic hydroxyl groups excluding tert-OH is 1. The Kier molecular flexibility index (Phi) is 6.30. The summed E-state index contributed by atoms with van der Waals surface area (Å²) in [5.74, 6) is 0.854. The van der Waals surface area contributed by atoms with Crippen molar-refractivity contribution >= 4 is 5.91 Å². The number of hydrogen-bond donors (Lipinski definition) is 2. The van der Waals surface area contributed by atoms with Crippen LogP contribution in [0.15, 0.2) is 0 Å². The molecule has 0 aromatic carbocycles. The van der Waals surface area contributed by atoms with Gasteiger partial charge in [0.2, 0.25) is 5.91 Å². The molecule has 0 radical (unpaired) electrons. The average Bonchev–Trinajstić information content (AvgIpc) is 2.84. The molecule has 4 heteroatoms. The summed E-state index contributed by atoms with van der Waals surface area (Å²) in [7, 11) is 0. The van der Waals surface area contributed by atoms with Crippen molar-refractivity contribution in [3.8, 4) is 0 Å². The number of carbonyl (C=O) groups excluding carboxylic acids is 1. The van der Waals surface area contributed by atoms with Gasteiger partial charge in [-0.2, -0.15) is 0 Å². The Hall–Kier alpha value is -0.610. The second-order valence-corrected chi connectivity index (χ2v) is 6.66. The SMILES string of the molecule is CC(O)CC1CCCN1CC(=O)NCC1CCCCC1. The van der Waals surface area contributed by atoms with Gasteiger partial charge in [0.25, 0.3) is 0 Å². The van der Waals surface area contributed by atoms with Crippen molar-refractivity contribution in [1.82, 2.24) is 10.2 Å². The van der Waals surface area contributed by atoms with Gasteiger partial charge in [0.15, 0.2) is 0 Å². The quantitative estimate of drug-likeness (QED) is 0.782. The molecule has 2 fully saturated rings. The van der Waals surface area contributed by atoms with Crippen LogP contribution >= 0.6 is 0 Å². The van der Waals surface area contributed by atoms with E-state index >= 15 is 0 Å². The minimum absolute atomic E-state index is 0.160. The van der Waals surface area contributed by atoms with E-state index < -0.39 is 0 Å². The highest BCUT2D eigenvalue weighted by molar-refractivity contribution is 5.78. The van der Waals surface area contributed by atoms with Gasteiger partial charge in [0, 0.05) is 12.6 Å². The third-order valence-corrected chi connectivity index (χ3v) is 4.77. The number of rotatable bonds is 6. The number of likely N-dealkylation sites (tertiary alicyclic amines) is 1. The summed E-state index contributed by atoms with van der Waals surface area (Å²) in [6, 6.07) is 0.385. The summed E-state index contributed by atoms with van der Waals surface area (Å²) in [6.07, 6.45) is 9.32. The standard InChI is InChI=1S/C16H30N2O2/c1-13(19)10-15-8-5-9-18(15)12-16(20)17-11-14-6-3-2-4-7-14/h13-15,19H,2-12H2,1H3,(H,17,20). The Labute approximate surface area is 122 Å². The van der Waals surface area contributed by atoms with E-state index in [2.05, 4.69) is 10.2 Å². The van der Waals surface area contributed by atoms with Crippen LogP contribution in [0.1, 0.15) is 58.3 Å². The van der Waals surface area contributed by atoms with Crippen LogP contribution in [-0.2, 0) is 4.79 Å². The van der Waals surface area contributed by atoms with Crippen LogP contribution in [0.25, 0.3) is 0 Å². The predicted molar refractivity (Wildman–Crippen MR) is 80.5 cm³/mol. The topological polar surface area (TPSA) is 52.6 Å². The van der Waals surface area contributed by atoms with E-state index in [-0.39, 0.29) is 12.0 Å². The third kappa shape index (κ3) is 5.06. The Balaban J connectivity index is 1.67. The van der Waals surface area contributed by atoms with Gasteiger partial charge in [0.05, 0.1) is 12.6 Å². The Morgan fingerprint density at radius 2 is 2.00 bits per heavy atom. The Morgan fingerprint density at radius 3 is 2.70 bits per heavy atom. The molecule has 0 bridgehead atoms. The average molecular weight is 282 g/mol. The number of amides is 1. The molecule has 1 amide bonds. The lowest BCUT2D eigenvalue weighted by Gasteiger charge is -2.26. The van der Waals surface area contributed by atoms with E-state index in [1.54, 1.807) is 0 Å². The molecule has 0 aromatic heterocycles. The van der Waals surface area contributed by atoms with E-state index in [9.17, 15) is 9.90 Å². The van der Waals surface area contributed by atoms with E-state index in [0.29, 0.717) is 18.5 Å². The summed E-state index contributed by atoms with van der Waals surface area (Å²) in [6.45, 7) is 4.19. The molecule has 1 saturated heterocycles. The lowest BCUT2D eigenvalue weighted by Crippen LogP contribution is -2.42. The second kappa shape index (κ2) is 7.99. The fourth-order valence-electron chi connectivity index (χ4n) is 3.65. The smallest absolute Gasteiger partial charge is 0.234 e. The molecule has 4 nitrogen and oxygen atoms in total. The van der Waals surface area contributed by atoms with Crippen molar-refractivity contribution in [2.45, 2.75) is 70.4 Å². The summed E-state index contributed by atoms with van der Waals surface area (Å²) in [5.41, 5.74) is 0. The molecule has 2 atom stereocenters. The first-order chi connectivity index (χ1) is 9.65. The van der Waals surface area contributed by atoms with E-state index in [0.717, 1.165) is 32.4 Å². The molecule has 0 spiro atoms. The van der Waals surface area contributed by atoms with Gasteiger partial charge in [-0.3, -0.25) is 9.69 Å². The maximum Gasteiger partial charge on any atom is 0.234 e. The zero-order chi connectivity index (χ0) is 14.4. The van der Waals surface area contributed by atoms with Crippen LogP contribution in [0, 0.1) is 5.92 Å². The highest BCUT2D eigenvalue weighted by Crippen LogP contribution is 2.23. The minimum atomic E-state index is -0.272. The number of aliphatic hydroxyl groups is 1. The fourth-order valence-corrected chi connectivity index (χ4v) is 3.65. The van der Waals surface area contributed by atoms with Crippen molar-refractivity contribution in [1.29, 1.82) is 0 Å². The first kappa shape index (κ1) is 15.8. The molecule has 116 valence electrons. The summed E-state index contributed by atoms with van der Waals surface area (Å²) in [4.78, 5) is 14.3. The maximum absolute atomic E-state index is 12.1. The van der Waals surface area contributed by atoms with Gasteiger partial charge in [-0.15, -0.1) is 0 Å². The summed E-state index contributed by atoms with van der Waals surface area (Å²) >= 11 is 0. The molecule has 2 aliphatic rings. The molecule has 20 heavy (non-hydrogen) atoms. The van der Waals surface area contributed by atoms with E-state index in [4.69, 9.17) is 0 Å². The zero-order valence-corrected chi connectivity index (χ0v) is 12.8. The van der Waals surface area contributed by atoms with Crippen molar-refractivity contribution < 1.29 is 9.90 Å². The molecule has 1 heterocycles. The lowest BCUT2D eigenvalue weighted by atomic mass is 9.89. The first-order valence-corrected chi connectivity index (χ1v) is 8.34. The highest BCUT2D eigenvalue weighted by atomic mass is 16.3. The van der Waals surface area contributed by atoms with Crippen LogP contribution in [-0.4, -0.2) is 47.7 Å². The molecule has 1 aliphatic carbocycles. The number of nitrogens with one attached hydrogen (secondary N) is 1. The molecule has 2 N–H and O–H groups in total. The predicted octanol–water partition coefficient (Wildman–Crippen LogP) is 1.92. The van der Waals surface area contributed by atoms with Crippen LogP contribution in [0.5, 0.6) is 0 Å². The normalized spacial score (nSPS) is 26.6. The molecular weight excluding hydrogens is 252 g/mol. The molecule has 1 aliphatic heterocycles. The van der Waals surface area contributed by atoms with Gasteiger partial charge in [0.1, 0.15) is 0 Å². The summed E-state index contributed by atoms with van der Waals surface area (Å²) in [5, 5.41) is 12.6. The molecule has 2 unspecified atom stereocenters. The van der Waals surface area contributed by atoms with Gasteiger partial charge < -0.3 is 10.4 Å². The van der Waals surface area contributed by atoms with Crippen LogP contribution in [0.4, 0.5) is 0 Å². The summed E-state index contributed by atoms with van der Waals surface area (Å²) < 4.78 is 0. The second-order valence-electron chi connectivity index (χ2n) is 6.66. The zero-order valence-electron chi connectivity index (χ0n) is 12.8. The highest BCUT2D eigenvalue weighted by Gasteiger charge is 2.27. The fraction of sp³-hybridized carbons (Fsp3) is 0.938. The maximum atomic E-state index is 12.1. The molecule has 1 saturated carbocycles. The van der Waals surface area contributed by atoms with Gasteiger partial charge in [-0.05, 0) is 51.5 Å². The van der Waals surface area contributed by atoms with Crippen LogP contribution < -0.4 is 5.32 Å². The third-order valence-electron chi connectivity index (χ3n) is 4.77. The van der Waals surface area contributed by atoms with Crippen molar-refractivity contribution in [3.05, 3.63) is 0 Å². The largest absolute Gasteiger partial charge is 0.393 e. The monoisotopic (exact) mass is 282 g/mol. The van der Waals surface area contributed by atoms with Crippen molar-refractivity contribution in [2.24, 2.45) is 5.92 Å². The Bertz CT molecular complexity index is 301. The van der Waals surface area contributed by atoms with Crippen molar-refractivity contribution in [2.75, 3.05) is 19.6 Å². The molecule has 0 aromatic rings. The van der Waals surface area contributed by atoms with E-state index in [1.165, 1.54) is 32.1 Å². The minimum Gasteiger partial charge on any atom is -0.393 e. The van der Waals surface area contributed by atoms with Gasteiger partial charge in [-0.1, -0.05) is 19.3 Å². The molecule has 2 rings (SSSR count). The number of carbonyl (C=O) groups is 1. The van der Waals surface area contributed by atoms with Crippen LogP contribution in [0.2, 0.25) is 0 Å². The lowest BCUT2D eigenvalue weighted by molar-refractivity contribution is -0.122. The van der Waals surface area contributed by atoms with Crippen LogP contribution in [0.3, 0.4) is 0 Å². The van der Waals surface area contributed by atoms with Gasteiger partial charge in [-0.25, -0.2) is 0 Å². The van der Waals surface area contributed by atoms with Gasteiger partial charge >= 0.3 is 0 Å². The molecular formula is C16H30N2O2. The van der Waals surface area contributed by atoms with E-state index in [1.807, 2.05) is 6.92 Å². The Morgan fingerprint density at radius 1 is 1.25 bits per heavy atom. The number of hydrogen-bond acceptors (Lipinski definition) is 3. The van der Waals surface area contributed by atoms with Crippen molar-refractivity contribution in [3.63, 3.8) is 0 Å². The first-order valence-electron chi connectivity index (χ1n) is 8.34. The number of nitrogens with zero attached hydrogens (tertiary/aromatic N) is 1.